The van der Waals surface area contributed by atoms with Crippen molar-refractivity contribution in [3.63, 3.8) is 0 Å². The van der Waals surface area contributed by atoms with Crippen molar-refractivity contribution in [3.05, 3.63) is 34.9 Å². The first kappa shape index (κ1) is 9.83. The molecule has 0 radical (unpaired) electrons. The van der Waals surface area contributed by atoms with E-state index in [-0.39, 0.29) is 5.60 Å². The molecule has 2 aliphatic heterocycles. The van der Waals surface area contributed by atoms with E-state index in [0.29, 0.717) is 19.6 Å². The highest BCUT2D eigenvalue weighted by Gasteiger charge is 2.43. The molecular formula is C13H13NO2. The summed E-state index contributed by atoms with van der Waals surface area (Å²) in [5.74, 6) is 0. The van der Waals surface area contributed by atoms with Gasteiger partial charge >= 0.3 is 0 Å². The fourth-order valence-corrected chi connectivity index (χ4v) is 2.54. The van der Waals surface area contributed by atoms with Crippen molar-refractivity contribution in [1.29, 1.82) is 5.26 Å². The van der Waals surface area contributed by atoms with Gasteiger partial charge in [-0.3, -0.25) is 0 Å². The molecule has 1 saturated heterocycles. The highest BCUT2D eigenvalue weighted by Crippen LogP contribution is 2.42. The lowest BCUT2D eigenvalue weighted by atomic mass is 9.90. The molecule has 0 bridgehead atoms. The lowest BCUT2D eigenvalue weighted by Crippen LogP contribution is -2.25. The van der Waals surface area contributed by atoms with Crippen LogP contribution >= 0.6 is 0 Å². The maximum absolute atomic E-state index is 8.72. The van der Waals surface area contributed by atoms with Crippen LogP contribution in [0.15, 0.2) is 18.2 Å². The van der Waals surface area contributed by atoms with Gasteiger partial charge in [-0.05, 0) is 16.7 Å². The molecule has 3 rings (SSSR count). The summed E-state index contributed by atoms with van der Waals surface area (Å²) in [5.41, 5.74) is 3.32. The Morgan fingerprint density at radius 3 is 3.12 bits per heavy atom. The average Bonchev–Trinajstić information content (AvgIpc) is 2.90. The summed E-state index contributed by atoms with van der Waals surface area (Å²) >= 11 is 0. The smallest absolute Gasteiger partial charge is 0.119 e. The Bertz CT molecular complexity index is 455. The molecule has 0 saturated carbocycles. The lowest BCUT2D eigenvalue weighted by Gasteiger charge is -2.21. The molecule has 3 heteroatoms. The van der Waals surface area contributed by atoms with E-state index in [2.05, 4.69) is 18.2 Å². The molecule has 0 aromatic heterocycles. The third-order valence-electron chi connectivity index (χ3n) is 3.44. The number of nitrogens with zero attached hydrogens (tertiary/aromatic N) is 1. The van der Waals surface area contributed by atoms with Crippen molar-refractivity contribution in [2.45, 2.75) is 25.0 Å². The summed E-state index contributed by atoms with van der Waals surface area (Å²) in [4.78, 5) is 0. The van der Waals surface area contributed by atoms with Crippen LogP contribution in [0.4, 0.5) is 0 Å². The van der Waals surface area contributed by atoms with E-state index in [4.69, 9.17) is 14.7 Å². The topological polar surface area (TPSA) is 42.2 Å². The molecule has 0 aliphatic carbocycles. The molecule has 1 atom stereocenters. The first-order chi connectivity index (χ1) is 7.84. The Balaban J connectivity index is 2.03. The van der Waals surface area contributed by atoms with Crippen LogP contribution in [0.25, 0.3) is 0 Å². The Hall–Kier alpha value is -1.37. The first-order valence-corrected chi connectivity index (χ1v) is 5.55. The summed E-state index contributed by atoms with van der Waals surface area (Å²) < 4.78 is 11.3. The van der Waals surface area contributed by atoms with Gasteiger partial charge < -0.3 is 9.47 Å². The molecule has 0 N–H and O–H groups in total. The summed E-state index contributed by atoms with van der Waals surface area (Å²) in [6, 6.07) is 8.39. The van der Waals surface area contributed by atoms with E-state index in [1.165, 1.54) is 11.1 Å². The highest BCUT2D eigenvalue weighted by atomic mass is 16.6. The van der Waals surface area contributed by atoms with Crippen LogP contribution in [0.3, 0.4) is 0 Å². The standard InChI is InChI=1S/C13H13NO2/c14-5-3-10-1-2-11-8-16-13(12(11)7-10)4-6-15-9-13/h1-2,7H,3-4,6,8-9H2. The zero-order valence-corrected chi connectivity index (χ0v) is 9.03. The summed E-state index contributed by atoms with van der Waals surface area (Å²) in [6.07, 6.45) is 1.39. The van der Waals surface area contributed by atoms with Crippen LogP contribution in [0.1, 0.15) is 23.1 Å². The van der Waals surface area contributed by atoms with Crippen LogP contribution < -0.4 is 0 Å². The van der Waals surface area contributed by atoms with E-state index in [9.17, 15) is 0 Å². The second-order valence-corrected chi connectivity index (χ2v) is 4.41. The molecular weight excluding hydrogens is 202 g/mol. The fourth-order valence-electron chi connectivity index (χ4n) is 2.54. The number of hydrogen-bond donors (Lipinski definition) is 0. The van der Waals surface area contributed by atoms with Gasteiger partial charge in [0.1, 0.15) is 5.60 Å². The van der Waals surface area contributed by atoms with Gasteiger partial charge in [0.25, 0.3) is 0 Å². The van der Waals surface area contributed by atoms with E-state index in [1.807, 2.05) is 6.07 Å². The minimum Gasteiger partial charge on any atom is -0.378 e. The maximum Gasteiger partial charge on any atom is 0.119 e. The monoisotopic (exact) mass is 215 g/mol. The zero-order chi connectivity index (χ0) is 11.0. The van der Waals surface area contributed by atoms with Crippen LogP contribution in [0, 0.1) is 11.3 Å². The van der Waals surface area contributed by atoms with Gasteiger partial charge in [-0.2, -0.15) is 5.26 Å². The molecule has 16 heavy (non-hydrogen) atoms. The third kappa shape index (κ3) is 1.35. The minimum atomic E-state index is -0.221. The van der Waals surface area contributed by atoms with Gasteiger partial charge in [0.05, 0.1) is 25.7 Å². The molecule has 3 nitrogen and oxygen atoms in total. The summed E-state index contributed by atoms with van der Waals surface area (Å²) in [5, 5.41) is 8.72. The average molecular weight is 215 g/mol. The first-order valence-electron chi connectivity index (χ1n) is 5.55. The highest BCUT2D eigenvalue weighted by molar-refractivity contribution is 5.40. The van der Waals surface area contributed by atoms with Gasteiger partial charge in [-0.25, -0.2) is 0 Å². The molecule has 2 aliphatic rings. The molecule has 2 heterocycles. The SMILES string of the molecule is N#CCc1ccc2c(c1)C1(CCOC1)OC2. The van der Waals surface area contributed by atoms with Crippen molar-refractivity contribution in [3.8, 4) is 6.07 Å². The Morgan fingerprint density at radius 1 is 1.44 bits per heavy atom. The van der Waals surface area contributed by atoms with Crippen LogP contribution in [0.2, 0.25) is 0 Å². The second-order valence-electron chi connectivity index (χ2n) is 4.41. The third-order valence-corrected chi connectivity index (χ3v) is 3.44. The van der Waals surface area contributed by atoms with E-state index < -0.39 is 0 Å². The number of benzene rings is 1. The molecule has 82 valence electrons. The Labute approximate surface area is 94.6 Å². The Kier molecular flexibility index (Phi) is 2.20. The van der Waals surface area contributed by atoms with Crippen molar-refractivity contribution >= 4 is 0 Å². The van der Waals surface area contributed by atoms with Crippen LogP contribution in [-0.2, 0) is 28.1 Å². The predicted octanol–water partition coefficient (Wildman–Crippen LogP) is 1.90. The van der Waals surface area contributed by atoms with E-state index >= 15 is 0 Å². The molecule has 1 unspecified atom stereocenters. The van der Waals surface area contributed by atoms with Gasteiger partial charge in [0.15, 0.2) is 0 Å². The van der Waals surface area contributed by atoms with Gasteiger partial charge in [0, 0.05) is 13.0 Å². The van der Waals surface area contributed by atoms with Crippen molar-refractivity contribution in [2.24, 2.45) is 0 Å². The number of rotatable bonds is 1. The van der Waals surface area contributed by atoms with Crippen molar-refractivity contribution in [2.75, 3.05) is 13.2 Å². The van der Waals surface area contributed by atoms with Gasteiger partial charge in [-0.15, -0.1) is 0 Å². The van der Waals surface area contributed by atoms with Crippen LogP contribution in [0.5, 0.6) is 0 Å². The molecule has 1 aromatic rings. The van der Waals surface area contributed by atoms with Crippen LogP contribution in [-0.4, -0.2) is 13.2 Å². The maximum atomic E-state index is 8.72. The number of nitriles is 1. The number of fused-ring (bicyclic) bond motifs is 2. The normalized spacial score (nSPS) is 26.9. The number of hydrogen-bond acceptors (Lipinski definition) is 3. The Morgan fingerprint density at radius 2 is 2.38 bits per heavy atom. The van der Waals surface area contributed by atoms with Gasteiger partial charge in [-0.1, -0.05) is 18.2 Å². The molecule has 1 fully saturated rings. The quantitative estimate of drug-likeness (QED) is 0.718. The molecule has 0 amide bonds. The van der Waals surface area contributed by atoms with Gasteiger partial charge in [0.2, 0.25) is 0 Å². The minimum absolute atomic E-state index is 0.221. The summed E-state index contributed by atoms with van der Waals surface area (Å²) in [7, 11) is 0. The van der Waals surface area contributed by atoms with E-state index in [1.54, 1.807) is 0 Å². The zero-order valence-electron chi connectivity index (χ0n) is 9.03. The van der Waals surface area contributed by atoms with Crippen molar-refractivity contribution < 1.29 is 9.47 Å². The molecule has 1 spiro atoms. The van der Waals surface area contributed by atoms with Crippen molar-refractivity contribution in [1.82, 2.24) is 0 Å². The largest absolute Gasteiger partial charge is 0.378 e. The number of ether oxygens (including phenoxy) is 2. The summed E-state index contributed by atoms with van der Waals surface area (Å²) in [6.45, 7) is 2.09. The predicted molar refractivity (Wildman–Crippen MR) is 57.7 cm³/mol. The lowest BCUT2D eigenvalue weighted by molar-refractivity contribution is -0.0421. The molecule has 1 aromatic carbocycles. The fraction of sp³-hybridized carbons (Fsp3) is 0.462. The van der Waals surface area contributed by atoms with E-state index in [0.717, 1.165) is 18.6 Å². The second kappa shape index (κ2) is 3.58.